The van der Waals surface area contributed by atoms with Crippen LogP contribution in [0.4, 0.5) is 0 Å². The third kappa shape index (κ3) is 4.45. The number of nitrogens with zero attached hydrogens (tertiary/aromatic N) is 2. The Morgan fingerprint density at radius 1 is 1.56 bits per heavy atom. The zero-order chi connectivity index (χ0) is 13.5. The summed E-state index contributed by atoms with van der Waals surface area (Å²) in [7, 11) is -0.817. The highest BCUT2D eigenvalue weighted by Gasteiger charge is 2.11. The standard InChI is InChI=1S/C11H18N2O3S2/c1-3-9-7-12-11(17-8-10(14)15)13(9)5-6-18(16)4-2/h7H,3-6,8H2,1-2H3,(H,14,15). The molecule has 0 bridgehead atoms. The maximum Gasteiger partial charge on any atom is 0.313 e. The van der Waals surface area contributed by atoms with Gasteiger partial charge < -0.3 is 9.67 Å². The summed E-state index contributed by atoms with van der Waals surface area (Å²) in [5.41, 5.74) is 1.05. The molecule has 0 saturated heterocycles. The van der Waals surface area contributed by atoms with Crippen LogP contribution in [-0.2, 0) is 28.6 Å². The molecule has 1 aromatic rings. The lowest BCUT2D eigenvalue weighted by molar-refractivity contribution is -0.133. The summed E-state index contributed by atoms with van der Waals surface area (Å²) in [4.78, 5) is 14.8. The van der Waals surface area contributed by atoms with Crippen LogP contribution >= 0.6 is 11.8 Å². The monoisotopic (exact) mass is 290 g/mol. The highest BCUT2D eigenvalue weighted by Crippen LogP contribution is 2.19. The molecule has 18 heavy (non-hydrogen) atoms. The van der Waals surface area contributed by atoms with Crippen LogP contribution in [0, 0.1) is 0 Å². The number of aliphatic carboxylic acids is 1. The van der Waals surface area contributed by atoms with E-state index in [1.807, 2.05) is 18.4 Å². The van der Waals surface area contributed by atoms with E-state index >= 15 is 0 Å². The van der Waals surface area contributed by atoms with Crippen molar-refractivity contribution in [2.45, 2.75) is 32.0 Å². The predicted molar refractivity (Wildman–Crippen MR) is 73.5 cm³/mol. The Morgan fingerprint density at radius 3 is 2.83 bits per heavy atom. The molecule has 0 aliphatic heterocycles. The average Bonchev–Trinajstić information content (AvgIpc) is 2.75. The second kappa shape index (κ2) is 7.58. The molecule has 1 aromatic heterocycles. The van der Waals surface area contributed by atoms with E-state index in [4.69, 9.17) is 5.11 Å². The van der Waals surface area contributed by atoms with E-state index < -0.39 is 16.8 Å². The van der Waals surface area contributed by atoms with Crippen molar-refractivity contribution in [1.82, 2.24) is 9.55 Å². The summed E-state index contributed by atoms with van der Waals surface area (Å²) < 4.78 is 13.4. The van der Waals surface area contributed by atoms with Crippen molar-refractivity contribution in [1.29, 1.82) is 0 Å². The number of aryl methyl sites for hydroxylation is 1. The van der Waals surface area contributed by atoms with Gasteiger partial charge in [0.2, 0.25) is 0 Å². The Morgan fingerprint density at radius 2 is 2.28 bits per heavy atom. The Bertz CT molecular complexity index is 432. The molecule has 1 rings (SSSR count). The molecule has 0 aromatic carbocycles. The SMILES string of the molecule is CCc1cnc(SCC(=O)O)n1CCS(=O)CC. The summed E-state index contributed by atoms with van der Waals surface area (Å²) in [6.45, 7) is 4.55. The van der Waals surface area contributed by atoms with E-state index in [1.165, 1.54) is 11.8 Å². The van der Waals surface area contributed by atoms with Gasteiger partial charge in [-0.05, 0) is 6.42 Å². The number of imidazole rings is 1. The molecule has 0 aliphatic carbocycles. The van der Waals surface area contributed by atoms with E-state index in [0.29, 0.717) is 23.2 Å². The first-order valence-electron chi connectivity index (χ1n) is 5.82. The van der Waals surface area contributed by atoms with Crippen LogP contribution in [0.1, 0.15) is 19.5 Å². The lowest BCUT2D eigenvalue weighted by atomic mass is 10.4. The van der Waals surface area contributed by atoms with Crippen molar-refractivity contribution in [3.63, 3.8) is 0 Å². The fraction of sp³-hybridized carbons (Fsp3) is 0.636. The summed E-state index contributed by atoms with van der Waals surface area (Å²) in [5, 5.41) is 9.38. The second-order valence-electron chi connectivity index (χ2n) is 3.65. The maximum atomic E-state index is 11.5. The van der Waals surface area contributed by atoms with Gasteiger partial charge in [-0.15, -0.1) is 0 Å². The molecule has 0 radical (unpaired) electrons. The summed E-state index contributed by atoms with van der Waals surface area (Å²) >= 11 is 1.20. The molecular weight excluding hydrogens is 272 g/mol. The molecule has 1 heterocycles. The van der Waals surface area contributed by atoms with Gasteiger partial charge in [-0.3, -0.25) is 9.00 Å². The van der Waals surface area contributed by atoms with Gasteiger partial charge in [0.05, 0.1) is 5.75 Å². The van der Waals surface area contributed by atoms with Gasteiger partial charge in [0, 0.05) is 40.7 Å². The lowest BCUT2D eigenvalue weighted by Crippen LogP contribution is -2.12. The Labute approximate surface area is 113 Å². The van der Waals surface area contributed by atoms with Crippen molar-refractivity contribution in [3.8, 4) is 0 Å². The highest BCUT2D eigenvalue weighted by molar-refractivity contribution is 7.99. The van der Waals surface area contributed by atoms with Gasteiger partial charge in [-0.2, -0.15) is 0 Å². The number of carboxylic acids is 1. The Kier molecular flexibility index (Phi) is 6.42. The zero-order valence-corrected chi connectivity index (χ0v) is 12.2. The van der Waals surface area contributed by atoms with Gasteiger partial charge in [-0.1, -0.05) is 25.6 Å². The molecule has 1 atom stereocenters. The predicted octanol–water partition coefficient (Wildman–Crippen LogP) is 1.39. The fourth-order valence-corrected chi connectivity index (χ4v) is 2.91. The van der Waals surface area contributed by atoms with E-state index in [-0.39, 0.29) is 5.75 Å². The van der Waals surface area contributed by atoms with Crippen LogP contribution in [-0.4, -0.2) is 42.1 Å². The maximum absolute atomic E-state index is 11.5. The van der Waals surface area contributed by atoms with Gasteiger partial charge in [0.1, 0.15) is 0 Å². The van der Waals surface area contributed by atoms with Crippen LogP contribution < -0.4 is 0 Å². The Balaban J connectivity index is 2.74. The van der Waals surface area contributed by atoms with Crippen LogP contribution in [0.15, 0.2) is 11.4 Å². The molecular formula is C11H18N2O3S2. The minimum atomic E-state index is -0.857. The van der Waals surface area contributed by atoms with Crippen molar-refractivity contribution in [2.24, 2.45) is 0 Å². The first-order chi connectivity index (χ1) is 8.58. The van der Waals surface area contributed by atoms with Crippen LogP contribution in [0.25, 0.3) is 0 Å². The Hall–Kier alpha value is -0.820. The number of carboxylic acid groups (broad SMARTS) is 1. The van der Waals surface area contributed by atoms with Crippen molar-refractivity contribution in [3.05, 3.63) is 11.9 Å². The normalized spacial score (nSPS) is 12.6. The number of thioether (sulfide) groups is 1. The molecule has 0 fully saturated rings. The quantitative estimate of drug-likeness (QED) is 0.733. The number of hydrogen-bond acceptors (Lipinski definition) is 4. The summed E-state index contributed by atoms with van der Waals surface area (Å²) in [5.74, 6) is 0.371. The molecule has 1 unspecified atom stereocenters. The van der Waals surface area contributed by atoms with Gasteiger partial charge in [0.25, 0.3) is 0 Å². The van der Waals surface area contributed by atoms with Crippen molar-refractivity contribution >= 4 is 28.5 Å². The minimum absolute atomic E-state index is 0.00294. The average molecular weight is 290 g/mol. The number of carbonyl (C=O) groups is 1. The van der Waals surface area contributed by atoms with Gasteiger partial charge in [0.15, 0.2) is 5.16 Å². The second-order valence-corrected chi connectivity index (χ2v) is 6.46. The van der Waals surface area contributed by atoms with Crippen LogP contribution in [0.5, 0.6) is 0 Å². The molecule has 0 saturated carbocycles. The van der Waals surface area contributed by atoms with Crippen LogP contribution in [0.2, 0.25) is 0 Å². The number of aromatic nitrogens is 2. The van der Waals surface area contributed by atoms with Gasteiger partial charge >= 0.3 is 5.97 Å². The van der Waals surface area contributed by atoms with E-state index in [2.05, 4.69) is 4.98 Å². The highest BCUT2D eigenvalue weighted by atomic mass is 32.2. The van der Waals surface area contributed by atoms with E-state index in [0.717, 1.165) is 12.1 Å². The molecule has 1 N–H and O–H groups in total. The molecule has 102 valence electrons. The largest absolute Gasteiger partial charge is 0.481 e. The fourth-order valence-electron chi connectivity index (χ4n) is 1.49. The molecule has 7 heteroatoms. The first-order valence-corrected chi connectivity index (χ1v) is 8.29. The number of hydrogen-bond donors (Lipinski definition) is 1. The summed E-state index contributed by atoms with van der Waals surface area (Å²) in [6.07, 6.45) is 2.60. The number of rotatable bonds is 8. The van der Waals surface area contributed by atoms with Crippen molar-refractivity contribution in [2.75, 3.05) is 17.3 Å². The van der Waals surface area contributed by atoms with Gasteiger partial charge in [-0.25, -0.2) is 4.98 Å². The molecule has 0 amide bonds. The summed E-state index contributed by atoms with van der Waals surface area (Å²) in [6, 6.07) is 0. The van der Waals surface area contributed by atoms with Crippen LogP contribution in [0.3, 0.4) is 0 Å². The first kappa shape index (κ1) is 15.2. The lowest BCUT2D eigenvalue weighted by Gasteiger charge is -2.09. The third-order valence-electron chi connectivity index (χ3n) is 2.45. The smallest absolute Gasteiger partial charge is 0.313 e. The van der Waals surface area contributed by atoms with E-state index in [1.54, 1.807) is 6.20 Å². The molecule has 5 nitrogen and oxygen atoms in total. The topological polar surface area (TPSA) is 72.2 Å². The zero-order valence-electron chi connectivity index (χ0n) is 10.6. The van der Waals surface area contributed by atoms with E-state index in [9.17, 15) is 9.00 Å². The minimum Gasteiger partial charge on any atom is -0.481 e. The molecule has 0 spiro atoms. The third-order valence-corrected chi connectivity index (χ3v) is 4.71. The molecule has 0 aliphatic rings. The van der Waals surface area contributed by atoms with Crippen molar-refractivity contribution < 1.29 is 14.1 Å².